The van der Waals surface area contributed by atoms with Gasteiger partial charge in [-0.25, -0.2) is 0 Å². The van der Waals surface area contributed by atoms with Gasteiger partial charge in [0.05, 0.1) is 6.61 Å². The van der Waals surface area contributed by atoms with Gasteiger partial charge in [0.25, 0.3) is 0 Å². The lowest BCUT2D eigenvalue weighted by Crippen LogP contribution is -2.52. The Labute approximate surface area is 102 Å². The first kappa shape index (κ1) is 14.4. The van der Waals surface area contributed by atoms with Crippen LogP contribution in [0.3, 0.4) is 0 Å². The van der Waals surface area contributed by atoms with E-state index in [4.69, 9.17) is 9.47 Å². The Morgan fingerprint density at radius 3 is 2.94 bits per heavy atom. The zero-order valence-corrected chi connectivity index (χ0v) is 10.7. The smallest absolute Gasteiger partial charge is 0.323 e. The summed E-state index contributed by atoms with van der Waals surface area (Å²) in [4.78, 5) is 11.3. The highest BCUT2D eigenvalue weighted by Crippen LogP contribution is 2.16. The average Bonchev–Trinajstić information content (AvgIpc) is 2.35. The molecule has 100 valence electrons. The summed E-state index contributed by atoms with van der Waals surface area (Å²) in [7, 11) is 1.58. The van der Waals surface area contributed by atoms with Crippen LogP contribution in [0, 0.1) is 5.92 Å². The first-order chi connectivity index (χ1) is 8.08. The Hall–Kier alpha value is -0.650. The van der Waals surface area contributed by atoms with Gasteiger partial charge in [-0.3, -0.25) is 4.79 Å². The first-order valence-corrected chi connectivity index (χ1v) is 6.13. The van der Waals surface area contributed by atoms with Gasteiger partial charge in [-0.15, -0.1) is 0 Å². The Balaban J connectivity index is 2.39. The molecule has 0 amide bonds. The molecule has 0 aromatic rings. The number of aliphatic carboxylic acids is 1. The number of carbonyl (C=O) groups is 1. The highest BCUT2D eigenvalue weighted by atomic mass is 16.5. The summed E-state index contributed by atoms with van der Waals surface area (Å²) in [5.41, 5.74) is -0.909. The highest BCUT2D eigenvalue weighted by Gasteiger charge is 2.33. The quantitative estimate of drug-likeness (QED) is 0.697. The zero-order chi connectivity index (χ0) is 12.7. The molecule has 17 heavy (non-hydrogen) atoms. The second-order valence-electron chi connectivity index (χ2n) is 4.84. The number of ether oxygens (including phenoxy) is 2. The van der Waals surface area contributed by atoms with Gasteiger partial charge in [-0.2, -0.15) is 0 Å². The van der Waals surface area contributed by atoms with Crippen LogP contribution in [0.1, 0.15) is 26.2 Å². The van der Waals surface area contributed by atoms with Crippen LogP contribution < -0.4 is 5.32 Å². The van der Waals surface area contributed by atoms with Gasteiger partial charge in [0.2, 0.25) is 0 Å². The Bertz CT molecular complexity index is 241. The lowest BCUT2D eigenvalue weighted by molar-refractivity contribution is -0.145. The summed E-state index contributed by atoms with van der Waals surface area (Å²) in [5.74, 6) is -0.406. The van der Waals surface area contributed by atoms with Crippen LogP contribution in [0.25, 0.3) is 0 Å². The Kier molecular flexibility index (Phi) is 5.88. The van der Waals surface area contributed by atoms with Crippen LogP contribution in [0.2, 0.25) is 0 Å². The average molecular weight is 245 g/mol. The van der Waals surface area contributed by atoms with Crippen molar-refractivity contribution in [1.29, 1.82) is 0 Å². The molecule has 0 aromatic heterocycles. The fourth-order valence-corrected chi connectivity index (χ4v) is 1.92. The molecule has 1 aliphatic heterocycles. The summed E-state index contributed by atoms with van der Waals surface area (Å²) in [6, 6.07) is 0. The minimum atomic E-state index is -0.909. The van der Waals surface area contributed by atoms with E-state index < -0.39 is 11.5 Å². The minimum absolute atomic E-state index is 0.421. The number of methoxy groups -OCH3 is 1. The number of carboxylic acid groups (broad SMARTS) is 1. The van der Waals surface area contributed by atoms with Crippen molar-refractivity contribution in [3.8, 4) is 0 Å². The fraction of sp³-hybridized carbons (Fsp3) is 0.917. The van der Waals surface area contributed by atoms with Gasteiger partial charge in [0, 0.05) is 26.9 Å². The highest BCUT2D eigenvalue weighted by molar-refractivity contribution is 5.78. The molecule has 1 aliphatic rings. The summed E-state index contributed by atoms with van der Waals surface area (Å²) in [5, 5.41) is 12.4. The molecule has 0 aliphatic carbocycles. The summed E-state index contributed by atoms with van der Waals surface area (Å²) in [6.07, 6.45) is 2.63. The maximum absolute atomic E-state index is 11.3. The molecule has 0 radical (unpaired) electrons. The van der Waals surface area contributed by atoms with Crippen molar-refractivity contribution in [3.63, 3.8) is 0 Å². The number of hydrogen-bond acceptors (Lipinski definition) is 4. The summed E-state index contributed by atoms with van der Waals surface area (Å²) >= 11 is 0. The third-order valence-electron chi connectivity index (χ3n) is 3.31. The van der Waals surface area contributed by atoms with E-state index in [2.05, 4.69) is 5.32 Å². The van der Waals surface area contributed by atoms with Crippen LogP contribution in [-0.4, -0.2) is 50.1 Å². The summed E-state index contributed by atoms with van der Waals surface area (Å²) in [6.45, 7) is 4.39. The predicted octanol–water partition coefficient (Wildman–Crippen LogP) is 0.882. The molecule has 2 N–H and O–H groups in total. The third-order valence-corrected chi connectivity index (χ3v) is 3.31. The zero-order valence-electron chi connectivity index (χ0n) is 10.7. The molecule has 5 nitrogen and oxygen atoms in total. The van der Waals surface area contributed by atoms with Crippen LogP contribution in [0.4, 0.5) is 0 Å². The van der Waals surface area contributed by atoms with E-state index >= 15 is 0 Å². The van der Waals surface area contributed by atoms with E-state index in [0.717, 1.165) is 26.1 Å². The molecule has 0 aromatic carbocycles. The molecule has 2 unspecified atom stereocenters. The molecule has 2 atom stereocenters. The standard InChI is InChI=1S/C12H23NO4/c1-12(11(14)15,5-7-16-2)13-8-10-4-3-6-17-9-10/h10,13H,3-9H2,1-2H3,(H,14,15). The molecule has 0 bridgehead atoms. The van der Waals surface area contributed by atoms with Crippen LogP contribution in [0.5, 0.6) is 0 Å². The monoisotopic (exact) mass is 245 g/mol. The summed E-state index contributed by atoms with van der Waals surface area (Å²) < 4.78 is 10.3. The number of hydrogen-bond donors (Lipinski definition) is 2. The topological polar surface area (TPSA) is 67.8 Å². The van der Waals surface area contributed by atoms with Gasteiger partial charge in [0.15, 0.2) is 0 Å². The third kappa shape index (κ3) is 4.61. The molecule has 1 fully saturated rings. The second-order valence-corrected chi connectivity index (χ2v) is 4.84. The maximum Gasteiger partial charge on any atom is 0.323 e. The maximum atomic E-state index is 11.3. The molecule has 5 heteroatoms. The predicted molar refractivity (Wildman–Crippen MR) is 64.1 cm³/mol. The van der Waals surface area contributed by atoms with Gasteiger partial charge < -0.3 is 19.9 Å². The van der Waals surface area contributed by atoms with Gasteiger partial charge in [-0.1, -0.05) is 0 Å². The van der Waals surface area contributed by atoms with Crippen molar-refractivity contribution in [2.24, 2.45) is 5.92 Å². The molecule has 1 saturated heterocycles. The molecule has 0 spiro atoms. The van der Waals surface area contributed by atoms with E-state index in [1.807, 2.05) is 0 Å². The second kappa shape index (κ2) is 6.93. The molecule has 1 heterocycles. The van der Waals surface area contributed by atoms with Crippen molar-refractivity contribution in [2.75, 3.05) is 33.5 Å². The van der Waals surface area contributed by atoms with Crippen LogP contribution in [-0.2, 0) is 14.3 Å². The van der Waals surface area contributed by atoms with E-state index in [1.165, 1.54) is 0 Å². The van der Waals surface area contributed by atoms with E-state index in [1.54, 1.807) is 14.0 Å². The Morgan fingerprint density at radius 2 is 2.41 bits per heavy atom. The SMILES string of the molecule is COCCC(C)(NCC1CCCOC1)C(=O)O. The van der Waals surface area contributed by atoms with E-state index in [0.29, 0.717) is 25.5 Å². The van der Waals surface area contributed by atoms with Crippen LogP contribution in [0.15, 0.2) is 0 Å². The van der Waals surface area contributed by atoms with Crippen molar-refractivity contribution in [1.82, 2.24) is 5.32 Å². The van der Waals surface area contributed by atoms with Gasteiger partial charge in [0.1, 0.15) is 5.54 Å². The van der Waals surface area contributed by atoms with Crippen molar-refractivity contribution < 1.29 is 19.4 Å². The van der Waals surface area contributed by atoms with Crippen molar-refractivity contribution in [2.45, 2.75) is 31.7 Å². The van der Waals surface area contributed by atoms with Crippen molar-refractivity contribution >= 4 is 5.97 Å². The number of rotatable bonds is 7. The van der Waals surface area contributed by atoms with E-state index in [-0.39, 0.29) is 0 Å². The van der Waals surface area contributed by atoms with Crippen molar-refractivity contribution in [3.05, 3.63) is 0 Å². The lowest BCUT2D eigenvalue weighted by atomic mass is 9.95. The molecule has 0 saturated carbocycles. The molecular weight excluding hydrogens is 222 g/mol. The van der Waals surface area contributed by atoms with Gasteiger partial charge >= 0.3 is 5.97 Å². The van der Waals surface area contributed by atoms with Gasteiger partial charge in [-0.05, 0) is 32.1 Å². The fourth-order valence-electron chi connectivity index (χ4n) is 1.92. The molecular formula is C12H23NO4. The largest absolute Gasteiger partial charge is 0.480 e. The lowest BCUT2D eigenvalue weighted by Gasteiger charge is -2.30. The number of nitrogens with one attached hydrogen (secondary N) is 1. The first-order valence-electron chi connectivity index (χ1n) is 6.13. The Morgan fingerprint density at radius 1 is 1.65 bits per heavy atom. The normalized spacial score (nSPS) is 24.2. The minimum Gasteiger partial charge on any atom is -0.480 e. The molecule has 1 rings (SSSR count). The van der Waals surface area contributed by atoms with E-state index in [9.17, 15) is 9.90 Å². The van der Waals surface area contributed by atoms with Crippen LogP contribution >= 0.6 is 0 Å². The number of carboxylic acids is 1.